The maximum absolute atomic E-state index is 14.4. The average Bonchev–Trinajstić information content (AvgIpc) is 3.11. The molecule has 4 rings (SSSR count). The van der Waals surface area contributed by atoms with Crippen molar-refractivity contribution in [1.82, 2.24) is 10.2 Å². The van der Waals surface area contributed by atoms with Crippen LogP contribution in [-0.2, 0) is 16.1 Å². The fraction of sp³-hybridized carbons (Fsp3) is 0.417. The molecule has 0 spiro atoms. The Bertz CT molecular complexity index is 965. The lowest BCUT2D eigenvalue weighted by atomic mass is 9.93. The van der Waals surface area contributed by atoms with Gasteiger partial charge in [0.1, 0.15) is 17.9 Å². The van der Waals surface area contributed by atoms with Crippen LogP contribution in [0.2, 0.25) is 0 Å². The molecule has 6 nitrogen and oxygen atoms in total. The van der Waals surface area contributed by atoms with Crippen LogP contribution in [0.25, 0.3) is 0 Å². The van der Waals surface area contributed by atoms with Crippen molar-refractivity contribution in [3.63, 3.8) is 0 Å². The molecule has 3 unspecified atom stereocenters. The second kappa shape index (κ2) is 9.16. The van der Waals surface area contributed by atoms with Gasteiger partial charge in [0.15, 0.2) is 5.83 Å². The van der Waals surface area contributed by atoms with Crippen molar-refractivity contribution in [1.29, 1.82) is 0 Å². The summed E-state index contributed by atoms with van der Waals surface area (Å²) in [4.78, 5) is 19.2. The van der Waals surface area contributed by atoms with E-state index in [1.165, 1.54) is 6.08 Å². The Kier molecular flexibility index (Phi) is 6.34. The third kappa shape index (κ3) is 4.48. The van der Waals surface area contributed by atoms with E-state index in [-0.39, 0.29) is 29.3 Å². The van der Waals surface area contributed by atoms with E-state index in [0.29, 0.717) is 19.5 Å². The van der Waals surface area contributed by atoms with Gasteiger partial charge in [0.25, 0.3) is 0 Å². The number of carbonyl (C=O) groups is 1. The number of hydrogen-bond acceptors (Lipinski definition) is 5. The molecule has 2 heterocycles. The highest BCUT2D eigenvalue weighted by molar-refractivity contribution is 6.03. The van der Waals surface area contributed by atoms with Crippen LogP contribution >= 0.6 is 0 Å². The first-order valence-corrected chi connectivity index (χ1v) is 10.7. The molecule has 7 heteroatoms. The number of likely N-dealkylation sites (tertiary alicyclic amines) is 1. The van der Waals surface area contributed by atoms with Crippen LogP contribution in [0.15, 0.2) is 64.8 Å². The van der Waals surface area contributed by atoms with E-state index in [1.54, 1.807) is 18.1 Å². The quantitative estimate of drug-likeness (QED) is 0.682. The van der Waals surface area contributed by atoms with Crippen molar-refractivity contribution in [2.45, 2.75) is 39.0 Å². The lowest BCUT2D eigenvalue weighted by molar-refractivity contribution is -0.130. The summed E-state index contributed by atoms with van der Waals surface area (Å²) in [5, 5.41) is 12.6. The molecular weight excluding hydrogens is 397 g/mol. The fourth-order valence-corrected chi connectivity index (χ4v) is 4.25. The van der Waals surface area contributed by atoms with Gasteiger partial charge in [-0.25, -0.2) is 9.38 Å². The molecule has 1 fully saturated rings. The number of aliphatic imine (C=N–C) groups is 1. The number of halogens is 1. The minimum atomic E-state index is -0.718. The molecule has 1 amide bonds. The Morgan fingerprint density at radius 2 is 2.10 bits per heavy atom. The molecule has 0 saturated carbocycles. The van der Waals surface area contributed by atoms with Crippen LogP contribution in [0.5, 0.6) is 0 Å². The normalized spacial score (nSPS) is 24.1. The molecule has 31 heavy (non-hydrogen) atoms. The highest BCUT2D eigenvalue weighted by Crippen LogP contribution is 2.34. The first kappa shape index (κ1) is 21.5. The number of fused-ring (bicyclic) bond motifs is 1. The lowest BCUT2D eigenvalue weighted by Crippen LogP contribution is -2.32. The summed E-state index contributed by atoms with van der Waals surface area (Å²) < 4.78 is 20.3. The van der Waals surface area contributed by atoms with Crippen molar-refractivity contribution >= 4 is 11.8 Å². The van der Waals surface area contributed by atoms with Gasteiger partial charge >= 0.3 is 0 Å². The Morgan fingerprint density at radius 3 is 2.77 bits per heavy atom. The predicted molar refractivity (Wildman–Crippen MR) is 116 cm³/mol. The molecule has 0 aromatic heterocycles. The van der Waals surface area contributed by atoms with Gasteiger partial charge in [-0.05, 0) is 37.1 Å². The van der Waals surface area contributed by atoms with Crippen LogP contribution in [0.4, 0.5) is 4.39 Å². The van der Waals surface area contributed by atoms with Crippen molar-refractivity contribution in [3.05, 3.63) is 70.9 Å². The number of nitrogens with zero attached hydrogens (tertiary/aromatic N) is 2. The van der Waals surface area contributed by atoms with E-state index < -0.39 is 12.1 Å². The van der Waals surface area contributed by atoms with E-state index in [2.05, 4.69) is 10.3 Å². The summed E-state index contributed by atoms with van der Waals surface area (Å²) in [5.74, 6) is -0.454. The molecule has 2 aliphatic heterocycles. The molecular formula is C24H28FN3O3. The van der Waals surface area contributed by atoms with Crippen molar-refractivity contribution in [2.75, 3.05) is 13.6 Å². The molecule has 1 aromatic rings. The van der Waals surface area contributed by atoms with Gasteiger partial charge in [-0.3, -0.25) is 10.1 Å². The Hall–Kier alpha value is -2.77. The molecule has 1 aliphatic carbocycles. The molecule has 164 valence electrons. The summed E-state index contributed by atoms with van der Waals surface area (Å²) >= 11 is 0. The van der Waals surface area contributed by atoms with Gasteiger partial charge < -0.3 is 14.7 Å². The van der Waals surface area contributed by atoms with E-state index in [0.717, 1.165) is 29.5 Å². The molecule has 3 aliphatic rings. The molecule has 1 aromatic carbocycles. The molecule has 0 bridgehead atoms. The van der Waals surface area contributed by atoms with Crippen LogP contribution in [0, 0.1) is 11.8 Å². The minimum absolute atomic E-state index is 0.0422. The van der Waals surface area contributed by atoms with Crippen LogP contribution in [0.3, 0.4) is 0 Å². The molecule has 2 N–H and O–H groups in total. The van der Waals surface area contributed by atoms with Gasteiger partial charge in [0.2, 0.25) is 11.8 Å². The second-order valence-corrected chi connectivity index (χ2v) is 8.13. The van der Waals surface area contributed by atoms with E-state index in [9.17, 15) is 14.3 Å². The number of ether oxygens (including phenoxy) is 1. The first-order valence-electron chi connectivity index (χ1n) is 10.7. The number of hydrogen-bond donors (Lipinski definition) is 2. The zero-order valence-electron chi connectivity index (χ0n) is 17.8. The van der Waals surface area contributed by atoms with Gasteiger partial charge in [-0.1, -0.05) is 42.8 Å². The number of allylic oxidation sites excluding steroid dienone is 4. The second-order valence-electron chi connectivity index (χ2n) is 8.13. The summed E-state index contributed by atoms with van der Waals surface area (Å²) in [7, 11) is 1.69. The smallest absolute Gasteiger partial charge is 0.236 e. The molecule has 0 radical (unpaired) electrons. The number of rotatable bonds is 6. The Balaban J connectivity index is 1.46. The number of amides is 1. The monoisotopic (exact) mass is 425 g/mol. The lowest BCUT2D eigenvalue weighted by Gasteiger charge is -2.22. The summed E-state index contributed by atoms with van der Waals surface area (Å²) in [5.41, 5.74) is 2.80. The van der Waals surface area contributed by atoms with Gasteiger partial charge in [-0.2, -0.15) is 0 Å². The maximum atomic E-state index is 14.4. The topological polar surface area (TPSA) is 74.2 Å². The zero-order chi connectivity index (χ0) is 22.0. The number of carbonyl (C=O) groups excluding carboxylic acids is 1. The third-order valence-corrected chi connectivity index (χ3v) is 6.13. The number of benzene rings is 1. The van der Waals surface area contributed by atoms with Crippen molar-refractivity contribution < 1.29 is 19.0 Å². The third-order valence-electron chi connectivity index (χ3n) is 6.13. The SMILES string of the molecule is CCC1=CC(F)=C(OC2=NC=CC3CN(Cc4ccc(C(O)NC)cc4)C(=O)C23)CC1. The van der Waals surface area contributed by atoms with Crippen LogP contribution in [0.1, 0.15) is 43.5 Å². The van der Waals surface area contributed by atoms with E-state index in [4.69, 9.17) is 4.74 Å². The Labute approximate surface area is 181 Å². The summed E-state index contributed by atoms with van der Waals surface area (Å²) in [6, 6.07) is 7.51. The minimum Gasteiger partial charge on any atom is -0.443 e. The Morgan fingerprint density at radius 1 is 1.32 bits per heavy atom. The van der Waals surface area contributed by atoms with Crippen LogP contribution < -0.4 is 5.32 Å². The standard InChI is InChI=1S/C24H28FN3O3/c1-3-15-6-9-20(19(25)12-15)31-23-21-18(10-11-27-23)14-28(24(21)30)13-16-4-7-17(8-5-16)22(29)26-2/h4-5,7-8,10-12,18,21-22,26,29H,3,6,9,13-14H2,1-2H3. The average molecular weight is 426 g/mol. The predicted octanol–water partition coefficient (Wildman–Crippen LogP) is 3.73. The first-order chi connectivity index (χ1) is 15.0. The zero-order valence-corrected chi connectivity index (χ0v) is 17.8. The van der Waals surface area contributed by atoms with Crippen molar-refractivity contribution in [3.8, 4) is 0 Å². The van der Waals surface area contributed by atoms with Crippen molar-refractivity contribution in [2.24, 2.45) is 16.8 Å². The highest BCUT2D eigenvalue weighted by atomic mass is 19.1. The summed E-state index contributed by atoms with van der Waals surface area (Å²) in [6.07, 6.45) is 6.44. The largest absolute Gasteiger partial charge is 0.443 e. The molecule has 3 atom stereocenters. The maximum Gasteiger partial charge on any atom is 0.236 e. The van der Waals surface area contributed by atoms with Gasteiger partial charge in [0.05, 0.1) is 0 Å². The number of aliphatic hydroxyl groups is 1. The van der Waals surface area contributed by atoms with Gasteiger partial charge in [-0.15, -0.1) is 0 Å². The van der Waals surface area contributed by atoms with E-state index >= 15 is 0 Å². The van der Waals surface area contributed by atoms with Crippen LogP contribution in [-0.4, -0.2) is 35.4 Å². The van der Waals surface area contributed by atoms with E-state index in [1.807, 2.05) is 37.3 Å². The highest BCUT2D eigenvalue weighted by Gasteiger charge is 2.45. The number of nitrogens with one attached hydrogen (secondary N) is 1. The van der Waals surface area contributed by atoms with Gasteiger partial charge in [0, 0.05) is 31.6 Å². The molecule has 1 saturated heterocycles. The fourth-order valence-electron chi connectivity index (χ4n) is 4.25. The number of aliphatic hydroxyl groups excluding tert-OH is 1. The summed E-state index contributed by atoms with van der Waals surface area (Å²) in [6.45, 7) is 3.03.